The first kappa shape index (κ1) is 29.9. The van der Waals surface area contributed by atoms with Gasteiger partial charge in [-0.25, -0.2) is 9.59 Å². The number of rotatable bonds is 11. The standard InChI is InChI=1S/C26H32N2O11/c1-13-20(25(34)38-15-7-3-4-8-15)22(16-9-5-6-10-17(16)28(36)37)21(14(2)27-13)26(35)39-24(19(32)12-30)23(33)18(31)11-29/h5-6,9-11,15,18-19,22-24,27,30-33H,3-4,7-8,12H2,1-2H3/t18-,19+,22?,23+,24+/m0/s1. The summed E-state index contributed by atoms with van der Waals surface area (Å²) in [6, 6.07) is 5.53. The zero-order valence-electron chi connectivity index (χ0n) is 21.5. The Morgan fingerprint density at radius 1 is 1.10 bits per heavy atom. The number of nitro benzene ring substituents is 1. The predicted octanol–water partition coefficient (Wildman–Crippen LogP) is 0.501. The molecule has 13 nitrogen and oxygen atoms in total. The fourth-order valence-corrected chi connectivity index (χ4v) is 4.91. The highest BCUT2D eigenvalue weighted by atomic mass is 16.6. The molecule has 1 aliphatic heterocycles. The third-order valence-corrected chi connectivity index (χ3v) is 6.86. The Bertz CT molecular complexity index is 1170. The topological polar surface area (TPSA) is 206 Å². The van der Waals surface area contributed by atoms with E-state index in [0.717, 1.165) is 12.8 Å². The minimum absolute atomic E-state index is 0.0132. The highest BCUT2D eigenvalue weighted by molar-refractivity contribution is 6.00. The summed E-state index contributed by atoms with van der Waals surface area (Å²) in [4.78, 5) is 49.3. The molecular weight excluding hydrogens is 516 g/mol. The van der Waals surface area contributed by atoms with E-state index in [1.807, 2.05) is 0 Å². The van der Waals surface area contributed by atoms with E-state index >= 15 is 0 Å². The first-order chi connectivity index (χ1) is 18.5. The van der Waals surface area contributed by atoms with Crippen molar-refractivity contribution in [2.45, 2.75) is 76.0 Å². The molecule has 39 heavy (non-hydrogen) atoms. The number of aliphatic hydroxyl groups is 4. The number of benzene rings is 1. The van der Waals surface area contributed by atoms with Gasteiger partial charge in [0.1, 0.15) is 24.4 Å². The molecule has 1 aromatic rings. The van der Waals surface area contributed by atoms with E-state index in [2.05, 4.69) is 5.32 Å². The maximum absolute atomic E-state index is 13.6. The van der Waals surface area contributed by atoms with E-state index in [0.29, 0.717) is 18.5 Å². The summed E-state index contributed by atoms with van der Waals surface area (Å²) in [7, 11) is 0. The first-order valence-corrected chi connectivity index (χ1v) is 12.5. The predicted molar refractivity (Wildman–Crippen MR) is 134 cm³/mol. The van der Waals surface area contributed by atoms with Gasteiger partial charge in [0.05, 0.1) is 28.6 Å². The molecule has 1 aromatic carbocycles. The van der Waals surface area contributed by atoms with Crippen LogP contribution in [0.3, 0.4) is 0 Å². The molecule has 0 saturated heterocycles. The lowest BCUT2D eigenvalue weighted by molar-refractivity contribution is -0.385. The fraction of sp³-hybridized carbons (Fsp3) is 0.500. The number of para-hydroxylation sites is 1. The average molecular weight is 549 g/mol. The summed E-state index contributed by atoms with van der Waals surface area (Å²) in [5, 5.41) is 54.5. The van der Waals surface area contributed by atoms with Crippen LogP contribution in [0, 0.1) is 10.1 Å². The van der Waals surface area contributed by atoms with Crippen LogP contribution in [-0.4, -0.2) is 80.7 Å². The lowest BCUT2D eigenvalue weighted by Crippen LogP contribution is -2.49. The number of allylic oxidation sites excluding steroid dienone is 2. The molecule has 1 heterocycles. The van der Waals surface area contributed by atoms with Crippen molar-refractivity contribution in [2.24, 2.45) is 0 Å². The summed E-state index contributed by atoms with van der Waals surface area (Å²) in [5.74, 6) is -3.36. The Hall–Kier alpha value is -3.65. The molecule has 0 amide bonds. The van der Waals surface area contributed by atoms with Crippen LogP contribution in [0.25, 0.3) is 0 Å². The molecule has 212 valence electrons. The van der Waals surface area contributed by atoms with Crippen molar-refractivity contribution in [3.05, 3.63) is 62.5 Å². The molecule has 0 aromatic heterocycles. The first-order valence-electron chi connectivity index (χ1n) is 12.5. The van der Waals surface area contributed by atoms with E-state index in [1.165, 1.54) is 31.2 Å². The molecule has 0 radical (unpaired) electrons. The maximum Gasteiger partial charge on any atom is 0.337 e. The average Bonchev–Trinajstić information content (AvgIpc) is 3.42. The van der Waals surface area contributed by atoms with Crippen LogP contribution < -0.4 is 5.32 Å². The van der Waals surface area contributed by atoms with Gasteiger partial charge >= 0.3 is 11.9 Å². The van der Waals surface area contributed by atoms with Gasteiger partial charge in [0.15, 0.2) is 12.4 Å². The molecule has 13 heteroatoms. The van der Waals surface area contributed by atoms with Gasteiger partial charge in [-0.15, -0.1) is 0 Å². The van der Waals surface area contributed by atoms with Crippen molar-refractivity contribution in [3.63, 3.8) is 0 Å². The van der Waals surface area contributed by atoms with Gasteiger partial charge in [0.25, 0.3) is 5.69 Å². The molecule has 0 bridgehead atoms. The Morgan fingerprint density at radius 2 is 1.69 bits per heavy atom. The van der Waals surface area contributed by atoms with Crippen molar-refractivity contribution in [1.82, 2.24) is 5.32 Å². The quantitative estimate of drug-likeness (QED) is 0.111. The monoisotopic (exact) mass is 548 g/mol. The molecule has 1 aliphatic carbocycles. The minimum Gasteiger partial charge on any atom is -0.459 e. The van der Waals surface area contributed by atoms with Crippen molar-refractivity contribution >= 4 is 23.9 Å². The lowest BCUT2D eigenvalue weighted by atomic mass is 9.79. The number of aldehydes is 1. The van der Waals surface area contributed by atoms with Crippen molar-refractivity contribution in [1.29, 1.82) is 0 Å². The fourth-order valence-electron chi connectivity index (χ4n) is 4.91. The van der Waals surface area contributed by atoms with Crippen LogP contribution in [0.5, 0.6) is 0 Å². The van der Waals surface area contributed by atoms with E-state index < -0.39 is 53.8 Å². The summed E-state index contributed by atoms with van der Waals surface area (Å²) in [6.45, 7) is 2.03. The summed E-state index contributed by atoms with van der Waals surface area (Å²) in [5.41, 5.74) is -0.289. The van der Waals surface area contributed by atoms with Crippen LogP contribution in [0.1, 0.15) is 51.0 Å². The van der Waals surface area contributed by atoms with Crippen LogP contribution in [0.4, 0.5) is 5.69 Å². The number of hydrogen-bond donors (Lipinski definition) is 5. The third kappa shape index (κ3) is 6.50. The van der Waals surface area contributed by atoms with Gasteiger partial charge in [-0.05, 0) is 39.5 Å². The highest BCUT2D eigenvalue weighted by Gasteiger charge is 2.43. The number of esters is 2. The molecule has 3 rings (SSSR count). The van der Waals surface area contributed by atoms with Gasteiger partial charge < -0.3 is 40.0 Å². The van der Waals surface area contributed by atoms with Gasteiger partial charge in [0.2, 0.25) is 0 Å². The molecule has 5 atom stereocenters. The van der Waals surface area contributed by atoms with Crippen LogP contribution >= 0.6 is 0 Å². The van der Waals surface area contributed by atoms with Crippen molar-refractivity contribution in [2.75, 3.05) is 6.61 Å². The number of nitro groups is 1. The second-order valence-corrected chi connectivity index (χ2v) is 9.50. The SMILES string of the molecule is CC1=C(C(=O)OC2CCCC2)C(c2ccccc2[N+](=O)[O-])C(C(=O)O[C@@H]([C@H](O)[C@@H](O)C=O)[C@H](O)CO)=C(C)N1. The second kappa shape index (κ2) is 12.9. The Morgan fingerprint density at radius 3 is 2.26 bits per heavy atom. The molecular formula is C26H32N2O11. The number of nitrogens with zero attached hydrogens (tertiary/aromatic N) is 1. The number of ether oxygens (including phenoxy) is 2. The number of carbonyl (C=O) groups is 3. The summed E-state index contributed by atoms with van der Waals surface area (Å²) < 4.78 is 11.0. The van der Waals surface area contributed by atoms with E-state index in [-0.39, 0.29) is 40.5 Å². The zero-order valence-corrected chi connectivity index (χ0v) is 21.5. The Kier molecular flexibility index (Phi) is 9.92. The number of dihydropyridines is 1. The summed E-state index contributed by atoms with van der Waals surface area (Å²) in [6.07, 6.45) is -5.36. The Labute approximate surface area is 223 Å². The van der Waals surface area contributed by atoms with Gasteiger partial charge in [-0.1, -0.05) is 18.2 Å². The molecule has 5 N–H and O–H groups in total. The van der Waals surface area contributed by atoms with Crippen molar-refractivity contribution < 1.29 is 49.2 Å². The van der Waals surface area contributed by atoms with Gasteiger partial charge in [-0.2, -0.15) is 0 Å². The normalized spacial score (nSPS) is 21.0. The minimum atomic E-state index is -2.11. The molecule has 0 spiro atoms. The molecule has 2 aliphatic rings. The number of carbonyl (C=O) groups excluding carboxylic acids is 3. The maximum atomic E-state index is 13.6. The number of aliphatic hydroxyl groups excluding tert-OH is 4. The second-order valence-electron chi connectivity index (χ2n) is 9.50. The van der Waals surface area contributed by atoms with E-state index in [1.54, 1.807) is 6.92 Å². The largest absolute Gasteiger partial charge is 0.459 e. The third-order valence-electron chi connectivity index (χ3n) is 6.86. The lowest BCUT2D eigenvalue weighted by Gasteiger charge is -2.33. The zero-order chi connectivity index (χ0) is 28.9. The van der Waals surface area contributed by atoms with E-state index in [4.69, 9.17) is 9.47 Å². The van der Waals surface area contributed by atoms with E-state index in [9.17, 15) is 44.9 Å². The molecule has 1 saturated carbocycles. The molecule has 1 fully saturated rings. The molecule has 1 unspecified atom stereocenters. The smallest absolute Gasteiger partial charge is 0.337 e. The summed E-state index contributed by atoms with van der Waals surface area (Å²) >= 11 is 0. The van der Waals surface area contributed by atoms with Gasteiger partial charge in [-0.3, -0.25) is 10.1 Å². The Balaban J connectivity index is 2.12. The van der Waals surface area contributed by atoms with Crippen LogP contribution in [0.15, 0.2) is 46.8 Å². The van der Waals surface area contributed by atoms with Crippen LogP contribution in [0.2, 0.25) is 0 Å². The number of nitrogens with one attached hydrogen (secondary N) is 1. The van der Waals surface area contributed by atoms with Crippen LogP contribution in [-0.2, 0) is 23.9 Å². The van der Waals surface area contributed by atoms with Gasteiger partial charge in [0, 0.05) is 23.0 Å². The van der Waals surface area contributed by atoms with Crippen molar-refractivity contribution in [3.8, 4) is 0 Å². The number of hydrogen-bond acceptors (Lipinski definition) is 12. The highest BCUT2D eigenvalue weighted by Crippen LogP contribution is 2.43.